The van der Waals surface area contributed by atoms with E-state index in [9.17, 15) is 0 Å². The quantitative estimate of drug-likeness (QED) is 0.786. The maximum atomic E-state index is 5.42. The summed E-state index contributed by atoms with van der Waals surface area (Å²) in [6.45, 7) is 2.09. The van der Waals surface area contributed by atoms with Gasteiger partial charge in [0.1, 0.15) is 5.69 Å². The Balaban J connectivity index is 1.89. The summed E-state index contributed by atoms with van der Waals surface area (Å²) < 4.78 is 7.49. The minimum Gasteiger partial charge on any atom is -0.340 e. The van der Waals surface area contributed by atoms with Gasteiger partial charge in [0, 0.05) is 25.2 Å². The standard InChI is InChI=1S/C17H20N4O/c1-12(18-2)11-16-19-17(22-20-16)15-10-9-14(21(15)3)13-7-5-4-6-8-13/h4-10,12,18H,11H2,1-3H3. The van der Waals surface area contributed by atoms with E-state index in [4.69, 9.17) is 4.52 Å². The first-order valence-corrected chi connectivity index (χ1v) is 7.40. The summed E-state index contributed by atoms with van der Waals surface area (Å²) in [5.74, 6) is 1.28. The molecule has 0 aliphatic carbocycles. The van der Waals surface area contributed by atoms with Gasteiger partial charge in [-0.25, -0.2) is 0 Å². The van der Waals surface area contributed by atoms with Crippen LogP contribution < -0.4 is 5.32 Å². The molecule has 0 aliphatic rings. The van der Waals surface area contributed by atoms with Crippen molar-refractivity contribution in [2.24, 2.45) is 7.05 Å². The van der Waals surface area contributed by atoms with Crippen molar-refractivity contribution in [3.05, 3.63) is 48.3 Å². The van der Waals surface area contributed by atoms with Crippen molar-refractivity contribution < 1.29 is 4.52 Å². The Kier molecular flexibility index (Phi) is 4.06. The molecule has 0 aliphatic heterocycles. The third-order valence-electron chi connectivity index (χ3n) is 3.86. The van der Waals surface area contributed by atoms with E-state index in [1.54, 1.807) is 0 Å². The second kappa shape index (κ2) is 6.15. The zero-order valence-corrected chi connectivity index (χ0v) is 13.1. The summed E-state index contributed by atoms with van der Waals surface area (Å²) in [6.07, 6.45) is 0.746. The minimum absolute atomic E-state index is 0.318. The molecule has 22 heavy (non-hydrogen) atoms. The summed E-state index contributed by atoms with van der Waals surface area (Å²) in [5, 5.41) is 7.24. The molecule has 3 rings (SSSR count). The number of nitrogens with zero attached hydrogens (tertiary/aromatic N) is 3. The zero-order valence-electron chi connectivity index (χ0n) is 13.1. The van der Waals surface area contributed by atoms with Crippen molar-refractivity contribution in [1.82, 2.24) is 20.0 Å². The maximum absolute atomic E-state index is 5.42. The third-order valence-corrected chi connectivity index (χ3v) is 3.86. The Morgan fingerprint density at radius 3 is 2.59 bits per heavy atom. The number of benzene rings is 1. The predicted molar refractivity (Wildman–Crippen MR) is 86.4 cm³/mol. The average Bonchev–Trinajstić information content (AvgIpc) is 3.14. The van der Waals surface area contributed by atoms with Gasteiger partial charge < -0.3 is 14.4 Å². The lowest BCUT2D eigenvalue weighted by Gasteiger charge is -2.05. The number of aromatic nitrogens is 3. The third kappa shape index (κ3) is 2.80. The highest BCUT2D eigenvalue weighted by Gasteiger charge is 2.15. The van der Waals surface area contributed by atoms with Gasteiger partial charge in [-0.1, -0.05) is 35.5 Å². The first-order chi connectivity index (χ1) is 10.7. The van der Waals surface area contributed by atoms with E-state index in [1.165, 1.54) is 5.56 Å². The van der Waals surface area contributed by atoms with Crippen LogP contribution in [0.5, 0.6) is 0 Å². The maximum Gasteiger partial charge on any atom is 0.274 e. The van der Waals surface area contributed by atoms with Crippen LogP contribution in [-0.2, 0) is 13.5 Å². The highest BCUT2D eigenvalue weighted by atomic mass is 16.5. The summed E-state index contributed by atoms with van der Waals surface area (Å²) in [6, 6.07) is 14.7. The lowest BCUT2D eigenvalue weighted by molar-refractivity contribution is 0.416. The van der Waals surface area contributed by atoms with E-state index in [0.717, 1.165) is 23.6 Å². The molecular weight excluding hydrogens is 276 g/mol. The molecule has 1 aromatic carbocycles. The van der Waals surface area contributed by atoms with Crippen LogP contribution in [0.4, 0.5) is 0 Å². The summed E-state index contributed by atoms with van der Waals surface area (Å²) in [4.78, 5) is 4.50. The molecule has 0 saturated carbocycles. The van der Waals surface area contributed by atoms with Gasteiger partial charge in [0.15, 0.2) is 5.82 Å². The zero-order chi connectivity index (χ0) is 15.5. The van der Waals surface area contributed by atoms with Crippen molar-refractivity contribution in [2.75, 3.05) is 7.05 Å². The molecule has 5 nitrogen and oxygen atoms in total. The van der Waals surface area contributed by atoms with Gasteiger partial charge in [0.2, 0.25) is 0 Å². The van der Waals surface area contributed by atoms with Crippen molar-refractivity contribution in [3.8, 4) is 22.8 Å². The molecule has 0 spiro atoms. The topological polar surface area (TPSA) is 55.9 Å². The monoisotopic (exact) mass is 296 g/mol. The highest BCUT2D eigenvalue weighted by molar-refractivity contribution is 5.65. The van der Waals surface area contributed by atoms with Gasteiger partial charge in [-0.05, 0) is 31.7 Å². The van der Waals surface area contributed by atoms with Crippen LogP contribution in [0.1, 0.15) is 12.7 Å². The van der Waals surface area contributed by atoms with E-state index in [-0.39, 0.29) is 0 Å². The van der Waals surface area contributed by atoms with Crippen molar-refractivity contribution >= 4 is 0 Å². The molecule has 0 amide bonds. The lowest BCUT2D eigenvalue weighted by Crippen LogP contribution is -2.24. The first kappa shape index (κ1) is 14.5. The molecule has 1 unspecified atom stereocenters. The molecule has 1 atom stereocenters. The van der Waals surface area contributed by atoms with Crippen LogP contribution in [0.3, 0.4) is 0 Å². The normalized spacial score (nSPS) is 12.5. The van der Waals surface area contributed by atoms with E-state index >= 15 is 0 Å². The summed E-state index contributed by atoms with van der Waals surface area (Å²) >= 11 is 0. The largest absolute Gasteiger partial charge is 0.340 e. The van der Waals surface area contributed by atoms with Crippen LogP contribution >= 0.6 is 0 Å². The molecule has 0 saturated heterocycles. The van der Waals surface area contributed by atoms with Crippen molar-refractivity contribution in [2.45, 2.75) is 19.4 Å². The fraction of sp³-hybridized carbons (Fsp3) is 0.294. The van der Waals surface area contributed by atoms with Crippen LogP contribution in [0, 0.1) is 0 Å². The molecule has 3 aromatic rings. The number of likely N-dealkylation sites (N-methyl/N-ethyl adjacent to an activating group) is 1. The highest BCUT2D eigenvalue weighted by Crippen LogP contribution is 2.26. The molecular formula is C17H20N4O. The average molecular weight is 296 g/mol. The van der Waals surface area contributed by atoms with Crippen LogP contribution in [0.2, 0.25) is 0 Å². The van der Waals surface area contributed by atoms with E-state index < -0.39 is 0 Å². The fourth-order valence-electron chi connectivity index (χ4n) is 2.44. The van der Waals surface area contributed by atoms with Crippen molar-refractivity contribution in [1.29, 1.82) is 0 Å². The molecule has 0 radical (unpaired) electrons. The van der Waals surface area contributed by atoms with Gasteiger partial charge in [0.05, 0.1) is 0 Å². The number of rotatable bonds is 5. The van der Waals surface area contributed by atoms with E-state index in [2.05, 4.69) is 45.1 Å². The predicted octanol–water partition coefficient (Wildman–Crippen LogP) is 2.89. The number of hydrogen-bond donors (Lipinski definition) is 1. The smallest absolute Gasteiger partial charge is 0.274 e. The Morgan fingerprint density at radius 2 is 1.86 bits per heavy atom. The van der Waals surface area contributed by atoms with Crippen LogP contribution in [-0.4, -0.2) is 27.8 Å². The second-order valence-corrected chi connectivity index (χ2v) is 5.44. The molecule has 2 aromatic heterocycles. The van der Waals surface area contributed by atoms with Crippen LogP contribution in [0.15, 0.2) is 47.0 Å². The lowest BCUT2D eigenvalue weighted by atomic mass is 10.2. The Morgan fingerprint density at radius 1 is 1.14 bits per heavy atom. The van der Waals surface area contributed by atoms with Gasteiger partial charge in [-0.15, -0.1) is 0 Å². The van der Waals surface area contributed by atoms with Gasteiger partial charge in [-0.2, -0.15) is 4.98 Å². The Labute approximate surface area is 130 Å². The molecule has 0 fully saturated rings. The first-order valence-electron chi connectivity index (χ1n) is 7.40. The molecule has 114 valence electrons. The molecule has 0 bridgehead atoms. The SMILES string of the molecule is CNC(C)Cc1noc(-c2ccc(-c3ccccc3)n2C)n1. The fourth-order valence-corrected chi connectivity index (χ4v) is 2.44. The van der Waals surface area contributed by atoms with Crippen molar-refractivity contribution in [3.63, 3.8) is 0 Å². The summed E-state index contributed by atoms with van der Waals surface area (Å²) in [5.41, 5.74) is 3.22. The number of nitrogens with one attached hydrogen (secondary N) is 1. The minimum atomic E-state index is 0.318. The Bertz CT molecular complexity index is 745. The Hall–Kier alpha value is -2.40. The molecule has 5 heteroatoms. The summed E-state index contributed by atoms with van der Waals surface area (Å²) in [7, 11) is 3.94. The van der Waals surface area contributed by atoms with E-state index in [0.29, 0.717) is 11.9 Å². The van der Waals surface area contributed by atoms with Gasteiger partial charge >= 0.3 is 0 Å². The molecule has 1 N–H and O–H groups in total. The van der Waals surface area contributed by atoms with Crippen LogP contribution in [0.25, 0.3) is 22.8 Å². The van der Waals surface area contributed by atoms with Gasteiger partial charge in [-0.3, -0.25) is 0 Å². The number of hydrogen-bond acceptors (Lipinski definition) is 4. The second-order valence-electron chi connectivity index (χ2n) is 5.44. The van der Waals surface area contributed by atoms with E-state index in [1.807, 2.05) is 38.4 Å². The van der Waals surface area contributed by atoms with Gasteiger partial charge in [0.25, 0.3) is 5.89 Å². The molecule has 2 heterocycles.